The average Bonchev–Trinajstić information content (AvgIpc) is 2.87. The maximum atomic E-state index is 10.8. The maximum Gasteiger partial charge on any atom is 0.184 e. The van der Waals surface area contributed by atoms with Gasteiger partial charge in [0.15, 0.2) is 6.29 Å². The van der Waals surface area contributed by atoms with Crippen LogP contribution in [0.15, 0.2) is 91.0 Å². The molecule has 0 amide bonds. The molecule has 0 bridgehead atoms. The van der Waals surface area contributed by atoms with Gasteiger partial charge in [0.2, 0.25) is 0 Å². The van der Waals surface area contributed by atoms with E-state index in [0.717, 1.165) is 16.7 Å². The van der Waals surface area contributed by atoms with Crippen molar-refractivity contribution in [1.82, 2.24) is 0 Å². The number of ether oxygens (including phenoxy) is 4. The molecule has 0 aliphatic carbocycles. The summed E-state index contributed by atoms with van der Waals surface area (Å²) in [5.74, 6) is 0. The van der Waals surface area contributed by atoms with Crippen molar-refractivity contribution in [3.8, 4) is 0 Å². The Kier molecular flexibility index (Phi) is 9.28. The number of alkyl halides is 1. The molecule has 1 unspecified atom stereocenters. The summed E-state index contributed by atoms with van der Waals surface area (Å²) in [6.07, 6.45) is -3.00. The minimum absolute atomic E-state index is 0.318. The van der Waals surface area contributed by atoms with Crippen LogP contribution in [0.3, 0.4) is 0 Å². The quantitative estimate of drug-likeness (QED) is 0.283. The van der Waals surface area contributed by atoms with Crippen molar-refractivity contribution in [3.63, 3.8) is 0 Å². The lowest BCUT2D eigenvalue weighted by molar-refractivity contribution is -0.306. The monoisotopic (exact) mass is 560 g/mol. The molecule has 0 radical (unpaired) electrons. The molecular weight excluding hydrogens is 531 g/mol. The highest BCUT2D eigenvalue weighted by Crippen LogP contribution is 2.30. The van der Waals surface area contributed by atoms with Gasteiger partial charge in [-0.15, -0.1) is 0 Å². The van der Waals surface area contributed by atoms with Gasteiger partial charge in [-0.25, -0.2) is 0 Å². The van der Waals surface area contributed by atoms with Crippen LogP contribution in [-0.2, 0) is 38.8 Å². The zero-order valence-electron chi connectivity index (χ0n) is 18.3. The zero-order valence-corrected chi connectivity index (χ0v) is 20.5. The summed E-state index contributed by atoms with van der Waals surface area (Å²) in [6, 6.07) is 29.9. The molecule has 5 atom stereocenters. The van der Waals surface area contributed by atoms with Crippen molar-refractivity contribution < 1.29 is 24.1 Å². The fourth-order valence-electron chi connectivity index (χ4n) is 3.89. The SMILES string of the molecule is OC1O[C@H](CI)[C@H](OCc2ccccc2)[C@H](OCc2ccccc2)[C@H]1OCc1ccccc1. The van der Waals surface area contributed by atoms with Crippen LogP contribution in [0.5, 0.6) is 0 Å². The molecule has 1 aliphatic heterocycles. The third-order valence-electron chi connectivity index (χ3n) is 5.62. The van der Waals surface area contributed by atoms with E-state index in [1.807, 2.05) is 91.0 Å². The Morgan fingerprint density at radius 2 is 1.00 bits per heavy atom. The molecule has 1 N–H and O–H groups in total. The highest BCUT2D eigenvalue weighted by molar-refractivity contribution is 14.1. The van der Waals surface area contributed by atoms with Crippen molar-refractivity contribution in [2.75, 3.05) is 4.43 Å². The van der Waals surface area contributed by atoms with Crippen LogP contribution >= 0.6 is 22.6 Å². The Labute approximate surface area is 208 Å². The normalized spacial score (nSPS) is 25.1. The van der Waals surface area contributed by atoms with Crippen LogP contribution in [0.25, 0.3) is 0 Å². The van der Waals surface area contributed by atoms with E-state index in [1.165, 1.54) is 0 Å². The number of aliphatic hydroxyl groups is 1. The number of benzene rings is 3. The Balaban J connectivity index is 1.53. The molecule has 3 aromatic rings. The van der Waals surface area contributed by atoms with Crippen molar-refractivity contribution in [2.45, 2.75) is 50.5 Å². The molecule has 3 aromatic carbocycles. The topological polar surface area (TPSA) is 57.2 Å². The van der Waals surface area contributed by atoms with Gasteiger partial charge in [-0.1, -0.05) is 114 Å². The zero-order chi connectivity index (χ0) is 22.9. The summed E-state index contributed by atoms with van der Waals surface area (Å²) in [4.78, 5) is 0. The number of rotatable bonds is 10. The first kappa shape index (κ1) is 24.3. The second-order valence-corrected chi connectivity index (χ2v) is 8.88. The molecule has 1 aliphatic rings. The molecule has 4 rings (SSSR count). The van der Waals surface area contributed by atoms with Gasteiger partial charge in [-0.3, -0.25) is 0 Å². The number of aliphatic hydroxyl groups excluding tert-OH is 1. The summed E-state index contributed by atoms with van der Waals surface area (Å²) >= 11 is 2.26. The largest absolute Gasteiger partial charge is 0.368 e. The second kappa shape index (κ2) is 12.6. The lowest BCUT2D eigenvalue weighted by Crippen LogP contribution is -2.60. The first-order valence-electron chi connectivity index (χ1n) is 11.1. The highest BCUT2D eigenvalue weighted by Gasteiger charge is 2.47. The molecular formula is C27H29IO5. The van der Waals surface area contributed by atoms with Gasteiger partial charge >= 0.3 is 0 Å². The predicted molar refractivity (Wildman–Crippen MR) is 135 cm³/mol. The fraction of sp³-hybridized carbons (Fsp3) is 0.333. The van der Waals surface area contributed by atoms with Crippen molar-refractivity contribution in [1.29, 1.82) is 0 Å². The molecule has 1 fully saturated rings. The van der Waals surface area contributed by atoms with Crippen LogP contribution in [0.2, 0.25) is 0 Å². The van der Waals surface area contributed by atoms with Crippen LogP contribution in [0.4, 0.5) is 0 Å². The third-order valence-corrected chi connectivity index (χ3v) is 6.49. The van der Waals surface area contributed by atoms with E-state index >= 15 is 0 Å². The molecule has 1 heterocycles. The van der Waals surface area contributed by atoms with E-state index in [-0.39, 0.29) is 6.10 Å². The van der Waals surface area contributed by atoms with E-state index in [0.29, 0.717) is 24.2 Å². The van der Waals surface area contributed by atoms with Crippen molar-refractivity contribution >= 4 is 22.6 Å². The lowest BCUT2D eigenvalue weighted by atomic mass is 9.98. The smallest absolute Gasteiger partial charge is 0.184 e. The van der Waals surface area contributed by atoms with Gasteiger partial charge in [-0.2, -0.15) is 0 Å². The number of hydrogen-bond donors (Lipinski definition) is 1. The van der Waals surface area contributed by atoms with Gasteiger partial charge < -0.3 is 24.1 Å². The van der Waals surface area contributed by atoms with Crippen LogP contribution in [0, 0.1) is 0 Å². The standard InChI is InChI=1S/C27H29IO5/c28-16-23-24(30-17-20-10-4-1-5-11-20)25(31-18-21-12-6-2-7-13-21)26(27(29)33-23)32-19-22-14-8-3-9-15-22/h1-15,23-27,29H,16-19H2/t23-,24+,25+,26-,27?/m1/s1. The van der Waals surface area contributed by atoms with E-state index in [4.69, 9.17) is 18.9 Å². The summed E-state index contributed by atoms with van der Waals surface area (Å²) < 4.78 is 25.5. The van der Waals surface area contributed by atoms with Crippen LogP contribution in [0.1, 0.15) is 16.7 Å². The number of hydrogen-bond acceptors (Lipinski definition) is 5. The first-order chi connectivity index (χ1) is 16.2. The first-order valence-corrected chi connectivity index (χ1v) is 12.6. The van der Waals surface area contributed by atoms with E-state index in [9.17, 15) is 5.11 Å². The molecule has 174 valence electrons. The lowest BCUT2D eigenvalue weighted by Gasteiger charge is -2.44. The minimum atomic E-state index is -1.11. The summed E-state index contributed by atoms with van der Waals surface area (Å²) in [5.41, 5.74) is 3.14. The Morgan fingerprint density at radius 3 is 1.42 bits per heavy atom. The van der Waals surface area contributed by atoms with Gasteiger partial charge in [-0.05, 0) is 16.7 Å². The van der Waals surface area contributed by atoms with Crippen LogP contribution in [-0.4, -0.2) is 40.2 Å². The predicted octanol–water partition coefficient (Wildman–Crippen LogP) is 4.89. The van der Waals surface area contributed by atoms with Gasteiger partial charge in [0.05, 0.1) is 25.9 Å². The molecule has 6 heteroatoms. The molecule has 33 heavy (non-hydrogen) atoms. The summed E-state index contributed by atoms with van der Waals surface area (Å²) in [6.45, 7) is 1.16. The van der Waals surface area contributed by atoms with E-state index in [2.05, 4.69) is 22.6 Å². The number of halogens is 1. The van der Waals surface area contributed by atoms with Crippen molar-refractivity contribution in [2.24, 2.45) is 0 Å². The summed E-state index contributed by atoms with van der Waals surface area (Å²) in [7, 11) is 0. The summed E-state index contributed by atoms with van der Waals surface area (Å²) in [5, 5.41) is 10.8. The van der Waals surface area contributed by atoms with Gasteiger partial charge in [0, 0.05) is 4.43 Å². The van der Waals surface area contributed by atoms with E-state index < -0.39 is 24.6 Å². The highest BCUT2D eigenvalue weighted by atomic mass is 127. The second-order valence-electron chi connectivity index (χ2n) is 8.00. The van der Waals surface area contributed by atoms with Crippen LogP contribution < -0.4 is 0 Å². The minimum Gasteiger partial charge on any atom is -0.368 e. The van der Waals surface area contributed by atoms with Gasteiger partial charge in [0.25, 0.3) is 0 Å². The molecule has 0 aromatic heterocycles. The third kappa shape index (κ3) is 6.85. The molecule has 1 saturated heterocycles. The average molecular weight is 560 g/mol. The Hall–Kier alpha value is -1.81. The van der Waals surface area contributed by atoms with Gasteiger partial charge in [0.1, 0.15) is 18.3 Å². The molecule has 0 saturated carbocycles. The fourth-order valence-corrected chi connectivity index (χ4v) is 4.60. The van der Waals surface area contributed by atoms with E-state index in [1.54, 1.807) is 0 Å². The Bertz CT molecular complexity index is 941. The maximum absolute atomic E-state index is 10.8. The van der Waals surface area contributed by atoms with Crippen molar-refractivity contribution in [3.05, 3.63) is 108 Å². The molecule has 0 spiro atoms. The molecule has 5 nitrogen and oxygen atoms in total. The Morgan fingerprint density at radius 1 is 0.606 bits per heavy atom.